The highest BCUT2D eigenvalue weighted by atomic mass is 32.1. The van der Waals surface area contributed by atoms with Gasteiger partial charge in [0.25, 0.3) is 0 Å². The minimum atomic E-state index is 0.417. The lowest BCUT2D eigenvalue weighted by Gasteiger charge is -2.13. The maximum Gasteiger partial charge on any atom is 0.0925 e. The molecule has 2 unspecified atom stereocenters. The summed E-state index contributed by atoms with van der Waals surface area (Å²) in [5, 5.41) is 4.73. The molecule has 1 saturated heterocycles. The predicted molar refractivity (Wildman–Crippen MR) is 66.7 cm³/mol. The van der Waals surface area contributed by atoms with Crippen molar-refractivity contribution in [3.05, 3.63) is 16.1 Å². The maximum atomic E-state index is 5.54. The Morgan fingerprint density at radius 2 is 2.50 bits per heavy atom. The van der Waals surface area contributed by atoms with Gasteiger partial charge in [0.15, 0.2) is 0 Å². The van der Waals surface area contributed by atoms with Gasteiger partial charge in [-0.05, 0) is 25.7 Å². The molecular weight excluding hydrogens is 220 g/mol. The SMILES string of the molecule is CCc1ncc(CNCC2CCOC2C)s1. The van der Waals surface area contributed by atoms with Crippen LogP contribution in [0.1, 0.15) is 30.2 Å². The molecule has 3 nitrogen and oxygen atoms in total. The van der Waals surface area contributed by atoms with E-state index in [1.165, 1.54) is 16.3 Å². The van der Waals surface area contributed by atoms with E-state index < -0.39 is 0 Å². The first-order valence-corrected chi connectivity index (χ1v) is 6.87. The lowest BCUT2D eigenvalue weighted by molar-refractivity contribution is 0.105. The van der Waals surface area contributed by atoms with E-state index in [4.69, 9.17) is 4.74 Å². The summed E-state index contributed by atoms with van der Waals surface area (Å²) < 4.78 is 5.54. The molecule has 90 valence electrons. The molecule has 0 saturated carbocycles. The minimum absolute atomic E-state index is 0.417. The van der Waals surface area contributed by atoms with Crippen molar-refractivity contribution in [2.45, 2.75) is 39.3 Å². The highest BCUT2D eigenvalue weighted by molar-refractivity contribution is 7.11. The quantitative estimate of drug-likeness (QED) is 0.857. The van der Waals surface area contributed by atoms with Gasteiger partial charge in [-0.3, -0.25) is 0 Å². The van der Waals surface area contributed by atoms with E-state index in [0.29, 0.717) is 12.0 Å². The Balaban J connectivity index is 1.71. The largest absolute Gasteiger partial charge is 0.378 e. The van der Waals surface area contributed by atoms with Gasteiger partial charge in [-0.25, -0.2) is 4.98 Å². The van der Waals surface area contributed by atoms with Gasteiger partial charge in [0.05, 0.1) is 11.1 Å². The first-order chi connectivity index (χ1) is 7.79. The number of aromatic nitrogens is 1. The Kier molecular flexibility index (Phi) is 4.32. The average Bonchev–Trinajstić information content (AvgIpc) is 2.89. The van der Waals surface area contributed by atoms with Crippen LogP contribution in [0.2, 0.25) is 0 Å². The molecule has 1 N–H and O–H groups in total. The Hall–Kier alpha value is -0.450. The van der Waals surface area contributed by atoms with Crippen molar-refractivity contribution in [3.8, 4) is 0 Å². The van der Waals surface area contributed by atoms with Gasteiger partial charge in [-0.15, -0.1) is 11.3 Å². The third kappa shape index (κ3) is 3.03. The third-order valence-corrected chi connectivity index (χ3v) is 4.28. The maximum absolute atomic E-state index is 5.54. The van der Waals surface area contributed by atoms with Gasteiger partial charge in [0.1, 0.15) is 0 Å². The van der Waals surface area contributed by atoms with Crippen LogP contribution in [0.5, 0.6) is 0 Å². The Bertz CT molecular complexity index is 327. The molecular formula is C12H20N2OS. The number of ether oxygens (including phenoxy) is 1. The average molecular weight is 240 g/mol. The van der Waals surface area contributed by atoms with Gasteiger partial charge >= 0.3 is 0 Å². The van der Waals surface area contributed by atoms with Crippen LogP contribution in [0, 0.1) is 5.92 Å². The Morgan fingerprint density at radius 3 is 3.12 bits per heavy atom. The summed E-state index contributed by atoms with van der Waals surface area (Å²) >= 11 is 1.81. The van der Waals surface area contributed by atoms with Crippen LogP contribution in [0.15, 0.2) is 6.20 Å². The summed E-state index contributed by atoms with van der Waals surface area (Å²) in [5.74, 6) is 0.679. The highest BCUT2D eigenvalue weighted by Gasteiger charge is 2.23. The minimum Gasteiger partial charge on any atom is -0.378 e. The second-order valence-corrected chi connectivity index (χ2v) is 5.53. The van der Waals surface area contributed by atoms with Gasteiger partial charge in [-0.2, -0.15) is 0 Å². The summed E-state index contributed by atoms with van der Waals surface area (Å²) in [4.78, 5) is 5.69. The van der Waals surface area contributed by atoms with E-state index in [2.05, 4.69) is 24.1 Å². The molecule has 2 heterocycles. The highest BCUT2D eigenvalue weighted by Crippen LogP contribution is 2.19. The summed E-state index contributed by atoms with van der Waals surface area (Å²) in [6.07, 6.45) is 4.64. The summed E-state index contributed by atoms with van der Waals surface area (Å²) in [7, 11) is 0. The summed E-state index contributed by atoms with van der Waals surface area (Å²) in [5.41, 5.74) is 0. The molecule has 4 heteroatoms. The first-order valence-electron chi connectivity index (χ1n) is 6.05. The molecule has 0 amide bonds. The number of rotatable bonds is 5. The predicted octanol–water partition coefficient (Wildman–Crippen LogP) is 2.22. The molecule has 0 radical (unpaired) electrons. The fourth-order valence-electron chi connectivity index (χ4n) is 2.02. The molecule has 0 aromatic carbocycles. The second kappa shape index (κ2) is 5.75. The molecule has 1 aliphatic heterocycles. The fraction of sp³-hybridized carbons (Fsp3) is 0.750. The van der Waals surface area contributed by atoms with Crippen molar-refractivity contribution < 1.29 is 4.74 Å². The van der Waals surface area contributed by atoms with Gasteiger partial charge in [0, 0.05) is 30.8 Å². The van der Waals surface area contributed by atoms with Crippen LogP contribution >= 0.6 is 11.3 Å². The van der Waals surface area contributed by atoms with Crippen LogP contribution in [0.4, 0.5) is 0 Å². The number of nitrogens with zero attached hydrogens (tertiary/aromatic N) is 1. The van der Waals surface area contributed by atoms with E-state index in [1.807, 2.05) is 17.5 Å². The monoisotopic (exact) mass is 240 g/mol. The number of thiazole rings is 1. The zero-order valence-corrected chi connectivity index (χ0v) is 10.8. The lowest BCUT2D eigenvalue weighted by Crippen LogP contribution is -2.26. The third-order valence-electron chi connectivity index (χ3n) is 3.14. The molecule has 0 bridgehead atoms. The van der Waals surface area contributed by atoms with Crippen molar-refractivity contribution in [2.75, 3.05) is 13.2 Å². The fourth-order valence-corrected chi connectivity index (χ4v) is 2.85. The molecule has 1 aromatic rings. The van der Waals surface area contributed by atoms with Crippen LogP contribution in [0.3, 0.4) is 0 Å². The number of nitrogens with one attached hydrogen (secondary N) is 1. The molecule has 1 fully saturated rings. The zero-order chi connectivity index (χ0) is 11.4. The second-order valence-electron chi connectivity index (χ2n) is 4.33. The topological polar surface area (TPSA) is 34.2 Å². The van der Waals surface area contributed by atoms with E-state index in [-0.39, 0.29) is 0 Å². The van der Waals surface area contributed by atoms with E-state index >= 15 is 0 Å². The molecule has 16 heavy (non-hydrogen) atoms. The van der Waals surface area contributed by atoms with Crippen LogP contribution < -0.4 is 5.32 Å². The molecule has 1 aliphatic rings. The van der Waals surface area contributed by atoms with E-state index in [0.717, 1.165) is 26.1 Å². The van der Waals surface area contributed by atoms with Crippen LogP contribution in [0.25, 0.3) is 0 Å². The van der Waals surface area contributed by atoms with Crippen molar-refractivity contribution in [3.63, 3.8) is 0 Å². The first kappa shape index (κ1) is 12.0. The molecule has 2 rings (SSSR count). The molecule has 0 spiro atoms. The normalized spacial score (nSPS) is 25.1. The van der Waals surface area contributed by atoms with Crippen molar-refractivity contribution >= 4 is 11.3 Å². The summed E-state index contributed by atoms with van der Waals surface area (Å²) in [6, 6.07) is 0. The van der Waals surface area contributed by atoms with E-state index in [9.17, 15) is 0 Å². The van der Waals surface area contributed by atoms with E-state index in [1.54, 1.807) is 0 Å². The number of hydrogen-bond acceptors (Lipinski definition) is 4. The lowest BCUT2D eigenvalue weighted by atomic mass is 10.0. The van der Waals surface area contributed by atoms with Crippen LogP contribution in [-0.4, -0.2) is 24.2 Å². The molecule has 0 aliphatic carbocycles. The van der Waals surface area contributed by atoms with Crippen molar-refractivity contribution in [1.82, 2.24) is 10.3 Å². The zero-order valence-electron chi connectivity index (χ0n) is 10.0. The Morgan fingerprint density at radius 1 is 1.62 bits per heavy atom. The smallest absolute Gasteiger partial charge is 0.0925 e. The Labute approximate surface area is 101 Å². The molecule has 1 aromatic heterocycles. The van der Waals surface area contributed by atoms with Gasteiger partial charge in [0.2, 0.25) is 0 Å². The number of hydrogen-bond donors (Lipinski definition) is 1. The van der Waals surface area contributed by atoms with Crippen molar-refractivity contribution in [2.24, 2.45) is 5.92 Å². The number of aryl methyl sites for hydroxylation is 1. The van der Waals surface area contributed by atoms with Gasteiger partial charge < -0.3 is 10.1 Å². The van der Waals surface area contributed by atoms with Gasteiger partial charge in [-0.1, -0.05) is 6.92 Å². The standard InChI is InChI=1S/C12H20N2OS/c1-3-12-14-8-11(16-12)7-13-6-10-4-5-15-9(10)2/h8-10,13H,3-7H2,1-2H3. The van der Waals surface area contributed by atoms with Crippen molar-refractivity contribution in [1.29, 1.82) is 0 Å². The van der Waals surface area contributed by atoms with Crippen LogP contribution in [-0.2, 0) is 17.7 Å². The summed E-state index contributed by atoms with van der Waals surface area (Å²) in [6.45, 7) is 7.24. The molecule has 2 atom stereocenters.